The molecule has 28 heavy (non-hydrogen) atoms. The first kappa shape index (κ1) is 24.2. The van der Waals surface area contributed by atoms with Gasteiger partial charge in [-0.3, -0.25) is 19.2 Å². The molecule has 0 N–H and O–H groups in total. The van der Waals surface area contributed by atoms with E-state index in [1.165, 1.54) is 39.5 Å². The Morgan fingerprint density at radius 2 is 1.25 bits per heavy atom. The van der Waals surface area contributed by atoms with E-state index in [1.807, 2.05) is 20.8 Å². The fraction of sp³-hybridized carbons (Fsp3) is 0.778. The molecule has 5 atom stereocenters. The summed E-state index contributed by atoms with van der Waals surface area (Å²) in [5, 5.41) is 0. The van der Waals surface area contributed by atoms with E-state index in [9.17, 15) is 19.2 Å². The molecule has 0 aromatic heterocycles. The number of esters is 4. The van der Waals surface area contributed by atoms with E-state index >= 15 is 0 Å². The second-order valence-corrected chi connectivity index (χ2v) is 9.22. The molecule has 0 radical (unpaired) electrons. The van der Waals surface area contributed by atoms with Crippen LogP contribution in [0.1, 0.15) is 48.5 Å². The molecular weight excluding hydrogens is 392 g/mol. The molecule has 0 aliphatic carbocycles. The predicted octanol–water partition coefficient (Wildman–Crippen LogP) is 1.60. The monoisotopic (exact) mass is 420 g/mol. The van der Waals surface area contributed by atoms with Crippen molar-refractivity contribution in [2.24, 2.45) is 0 Å². The first-order valence-corrected chi connectivity index (χ1v) is 9.66. The van der Waals surface area contributed by atoms with Crippen LogP contribution in [0.3, 0.4) is 0 Å². The molecule has 1 saturated heterocycles. The Labute approximate surface area is 168 Å². The molecule has 1 aliphatic heterocycles. The number of ether oxygens (including phenoxy) is 5. The second kappa shape index (κ2) is 10.1. The summed E-state index contributed by atoms with van der Waals surface area (Å²) in [5.41, 5.74) is -0.749. The minimum absolute atomic E-state index is 0.223. The highest BCUT2D eigenvalue weighted by Gasteiger charge is 2.53. The molecule has 0 aromatic rings. The number of carbonyl (C=O) groups excluding carboxylic acids is 4. The molecule has 0 unspecified atom stereocenters. The van der Waals surface area contributed by atoms with E-state index in [-0.39, 0.29) is 11.4 Å². The van der Waals surface area contributed by atoms with Crippen molar-refractivity contribution in [1.82, 2.24) is 0 Å². The predicted molar refractivity (Wildman–Crippen MR) is 99.3 cm³/mol. The van der Waals surface area contributed by atoms with E-state index in [0.29, 0.717) is 0 Å². The minimum Gasteiger partial charge on any atom is -0.463 e. The average molecular weight is 420 g/mol. The van der Waals surface area contributed by atoms with Crippen molar-refractivity contribution in [3.8, 4) is 0 Å². The Morgan fingerprint density at radius 1 is 0.786 bits per heavy atom. The topological polar surface area (TPSA) is 114 Å². The molecule has 1 aliphatic rings. The van der Waals surface area contributed by atoms with Gasteiger partial charge in [0.1, 0.15) is 18.1 Å². The van der Waals surface area contributed by atoms with Crippen LogP contribution in [-0.2, 0) is 42.9 Å². The first-order valence-electron chi connectivity index (χ1n) is 8.78. The number of hydrogen-bond acceptors (Lipinski definition) is 10. The van der Waals surface area contributed by atoms with Gasteiger partial charge in [-0.05, 0) is 0 Å². The summed E-state index contributed by atoms with van der Waals surface area (Å²) in [6.45, 7) is 10.4. The van der Waals surface area contributed by atoms with E-state index in [4.69, 9.17) is 23.7 Å². The maximum absolute atomic E-state index is 11.7. The van der Waals surface area contributed by atoms with E-state index in [1.54, 1.807) is 0 Å². The quantitative estimate of drug-likeness (QED) is 0.463. The number of carbonyl (C=O) groups is 4. The van der Waals surface area contributed by atoms with Crippen LogP contribution in [0.25, 0.3) is 0 Å². The SMILES string of the molecule is CC(=O)OC[C@H]1O[C@@H](SC(C)(C)C)[C@@H](OC(C)=O)[C@@H](OC(C)=O)[C@H]1OC(C)=O. The highest BCUT2D eigenvalue weighted by atomic mass is 32.2. The first-order chi connectivity index (χ1) is 12.8. The molecular formula is C18H28O9S. The summed E-state index contributed by atoms with van der Waals surface area (Å²) in [6.07, 6.45) is -4.19. The summed E-state index contributed by atoms with van der Waals surface area (Å²) in [6, 6.07) is 0. The summed E-state index contributed by atoms with van der Waals surface area (Å²) in [4.78, 5) is 46.3. The lowest BCUT2D eigenvalue weighted by Gasteiger charge is -2.45. The molecule has 9 nitrogen and oxygen atoms in total. The molecule has 1 rings (SSSR count). The van der Waals surface area contributed by atoms with Crippen molar-refractivity contribution < 1.29 is 42.9 Å². The number of rotatable bonds is 6. The third-order valence-electron chi connectivity index (χ3n) is 3.42. The Bertz CT molecular complexity index is 598. The number of thioether (sulfide) groups is 1. The zero-order valence-corrected chi connectivity index (χ0v) is 18.0. The van der Waals surface area contributed by atoms with Crippen molar-refractivity contribution in [3.05, 3.63) is 0 Å². The maximum atomic E-state index is 11.7. The van der Waals surface area contributed by atoms with Crippen LogP contribution in [0.5, 0.6) is 0 Å². The van der Waals surface area contributed by atoms with Crippen LogP contribution in [0, 0.1) is 0 Å². The van der Waals surface area contributed by atoms with Gasteiger partial charge < -0.3 is 23.7 Å². The fourth-order valence-corrected chi connectivity index (χ4v) is 3.87. The van der Waals surface area contributed by atoms with Gasteiger partial charge in [0.15, 0.2) is 18.3 Å². The molecule has 160 valence electrons. The molecule has 1 fully saturated rings. The lowest BCUT2D eigenvalue weighted by atomic mass is 9.99. The van der Waals surface area contributed by atoms with Gasteiger partial charge in [-0.2, -0.15) is 0 Å². The highest BCUT2D eigenvalue weighted by Crippen LogP contribution is 2.39. The van der Waals surface area contributed by atoms with Crippen LogP contribution in [-0.4, -0.2) is 65.1 Å². The van der Waals surface area contributed by atoms with E-state index in [0.717, 1.165) is 0 Å². The normalized spacial score (nSPS) is 27.5. The van der Waals surface area contributed by atoms with Crippen molar-refractivity contribution in [1.29, 1.82) is 0 Å². The van der Waals surface area contributed by atoms with Gasteiger partial charge in [-0.25, -0.2) is 0 Å². The largest absolute Gasteiger partial charge is 0.463 e. The van der Waals surface area contributed by atoms with Crippen molar-refractivity contribution >= 4 is 35.6 Å². The average Bonchev–Trinajstić information content (AvgIpc) is 2.48. The summed E-state index contributed by atoms with van der Waals surface area (Å²) in [5.74, 6) is -2.45. The van der Waals surface area contributed by atoms with Crippen LogP contribution in [0.2, 0.25) is 0 Å². The van der Waals surface area contributed by atoms with Crippen LogP contribution >= 0.6 is 11.8 Å². The lowest BCUT2D eigenvalue weighted by molar-refractivity contribution is -0.237. The molecule has 0 amide bonds. The van der Waals surface area contributed by atoms with Gasteiger partial charge in [0.05, 0.1) is 0 Å². The third-order valence-corrected chi connectivity index (χ3v) is 4.74. The summed E-state index contributed by atoms with van der Waals surface area (Å²) >= 11 is 1.35. The Morgan fingerprint density at radius 3 is 1.68 bits per heavy atom. The Hall–Kier alpha value is -1.81. The smallest absolute Gasteiger partial charge is 0.303 e. The van der Waals surface area contributed by atoms with Gasteiger partial charge in [-0.15, -0.1) is 11.8 Å². The van der Waals surface area contributed by atoms with Gasteiger partial charge in [0.25, 0.3) is 0 Å². The molecule has 1 heterocycles. The summed E-state index contributed by atoms with van der Waals surface area (Å²) in [7, 11) is 0. The number of hydrogen-bond donors (Lipinski definition) is 0. The van der Waals surface area contributed by atoms with Crippen LogP contribution < -0.4 is 0 Å². The standard InChI is InChI=1S/C18H28O9S/c1-9(19)23-8-13-14(24-10(2)20)15(25-11(3)21)16(26-12(4)22)17(27-13)28-18(5,6)7/h13-17H,8H2,1-7H3/t13-,14+,15+,16+,17+/m1/s1. The molecule has 0 saturated carbocycles. The fourth-order valence-electron chi connectivity index (χ4n) is 2.63. The van der Waals surface area contributed by atoms with Crippen molar-refractivity contribution in [2.75, 3.05) is 6.61 Å². The van der Waals surface area contributed by atoms with Gasteiger partial charge in [-0.1, -0.05) is 20.8 Å². The van der Waals surface area contributed by atoms with Gasteiger partial charge in [0, 0.05) is 32.4 Å². The third kappa shape index (κ3) is 8.05. The highest BCUT2D eigenvalue weighted by molar-refractivity contribution is 8.01. The van der Waals surface area contributed by atoms with E-state index < -0.39 is 53.7 Å². The Kier molecular flexibility index (Phi) is 8.75. The molecule has 10 heteroatoms. The second-order valence-electron chi connectivity index (χ2n) is 7.30. The minimum atomic E-state index is -1.13. The molecule has 0 spiro atoms. The van der Waals surface area contributed by atoms with Gasteiger partial charge in [0.2, 0.25) is 0 Å². The molecule has 0 aromatic carbocycles. The summed E-state index contributed by atoms with van der Waals surface area (Å²) < 4.78 is 26.8. The van der Waals surface area contributed by atoms with Crippen molar-refractivity contribution in [2.45, 2.75) is 83.1 Å². The lowest BCUT2D eigenvalue weighted by Crippen LogP contribution is -2.62. The van der Waals surface area contributed by atoms with Crippen molar-refractivity contribution in [3.63, 3.8) is 0 Å². The molecule has 0 bridgehead atoms. The zero-order chi connectivity index (χ0) is 21.6. The van der Waals surface area contributed by atoms with Crippen LogP contribution in [0.4, 0.5) is 0 Å². The Balaban J connectivity index is 3.33. The van der Waals surface area contributed by atoms with E-state index in [2.05, 4.69) is 0 Å². The zero-order valence-electron chi connectivity index (χ0n) is 17.2. The van der Waals surface area contributed by atoms with Crippen LogP contribution in [0.15, 0.2) is 0 Å². The van der Waals surface area contributed by atoms with Gasteiger partial charge >= 0.3 is 23.9 Å². The maximum Gasteiger partial charge on any atom is 0.303 e.